The maximum absolute atomic E-state index is 3.72. The Morgan fingerprint density at radius 3 is 2.44 bits per heavy atom. The summed E-state index contributed by atoms with van der Waals surface area (Å²) >= 11 is 3.51. The van der Waals surface area contributed by atoms with E-state index in [-0.39, 0.29) is 0 Å². The standard InChI is InChI=1S/C14H18BrN/c15-12-6-4-11(5-7-12)14(8-9-14)13-3-1-2-10-16-13/h4-7,13,16H,1-3,8-10H2. The summed E-state index contributed by atoms with van der Waals surface area (Å²) in [7, 11) is 0. The summed E-state index contributed by atoms with van der Waals surface area (Å²) in [4.78, 5) is 0. The van der Waals surface area contributed by atoms with Crippen LogP contribution in [0.4, 0.5) is 0 Å². The predicted molar refractivity (Wildman–Crippen MR) is 70.7 cm³/mol. The zero-order valence-corrected chi connectivity index (χ0v) is 11.1. The average molecular weight is 280 g/mol. The molecule has 1 heterocycles. The summed E-state index contributed by atoms with van der Waals surface area (Å²) in [5, 5.41) is 3.72. The molecular formula is C14H18BrN. The summed E-state index contributed by atoms with van der Waals surface area (Å²) < 4.78 is 1.18. The molecule has 0 aromatic heterocycles. The Morgan fingerprint density at radius 2 is 1.88 bits per heavy atom. The highest BCUT2D eigenvalue weighted by Crippen LogP contribution is 2.52. The van der Waals surface area contributed by atoms with Crippen LogP contribution in [0.1, 0.15) is 37.7 Å². The van der Waals surface area contributed by atoms with Crippen LogP contribution in [0.15, 0.2) is 28.7 Å². The van der Waals surface area contributed by atoms with Crippen molar-refractivity contribution in [2.24, 2.45) is 0 Å². The van der Waals surface area contributed by atoms with Crippen molar-refractivity contribution in [2.45, 2.75) is 43.6 Å². The van der Waals surface area contributed by atoms with Crippen molar-refractivity contribution >= 4 is 15.9 Å². The fourth-order valence-electron chi connectivity index (χ4n) is 3.08. The van der Waals surface area contributed by atoms with Crippen LogP contribution in [0.3, 0.4) is 0 Å². The lowest BCUT2D eigenvalue weighted by atomic mass is 9.83. The van der Waals surface area contributed by atoms with Crippen molar-refractivity contribution in [3.8, 4) is 0 Å². The molecule has 2 fully saturated rings. The van der Waals surface area contributed by atoms with E-state index in [1.807, 2.05) is 0 Å². The molecule has 86 valence electrons. The van der Waals surface area contributed by atoms with Crippen molar-refractivity contribution in [2.75, 3.05) is 6.54 Å². The molecule has 1 nitrogen and oxygen atoms in total. The van der Waals surface area contributed by atoms with Crippen LogP contribution in [0, 0.1) is 0 Å². The zero-order valence-electron chi connectivity index (χ0n) is 9.51. The molecule has 1 aromatic carbocycles. The Morgan fingerprint density at radius 1 is 1.12 bits per heavy atom. The molecule has 1 aliphatic heterocycles. The van der Waals surface area contributed by atoms with Gasteiger partial charge in [0.1, 0.15) is 0 Å². The van der Waals surface area contributed by atoms with Gasteiger partial charge in [-0.3, -0.25) is 0 Å². The van der Waals surface area contributed by atoms with Crippen LogP contribution in [-0.4, -0.2) is 12.6 Å². The Hall–Kier alpha value is -0.340. The van der Waals surface area contributed by atoms with Gasteiger partial charge in [0.15, 0.2) is 0 Å². The average Bonchev–Trinajstić information content (AvgIpc) is 3.13. The van der Waals surface area contributed by atoms with Gasteiger partial charge in [0.05, 0.1) is 0 Å². The van der Waals surface area contributed by atoms with Gasteiger partial charge in [-0.2, -0.15) is 0 Å². The molecule has 2 aliphatic rings. The number of rotatable bonds is 2. The normalized spacial score (nSPS) is 27.7. The molecule has 0 spiro atoms. The highest BCUT2D eigenvalue weighted by molar-refractivity contribution is 9.10. The lowest BCUT2D eigenvalue weighted by molar-refractivity contribution is 0.336. The molecule has 3 rings (SSSR count). The SMILES string of the molecule is Brc1ccc(C2(C3CCCCN3)CC2)cc1. The van der Waals surface area contributed by atoms with Gasteiger partial charge in [-0.1, -0.05) is 34.5 Å². The summed E-state index contributed by atoms with van der Waals surface area (Å²) in [6, 6.07) is 9.68. The van der Waals surface area contributed by atoms with Crippen LogP contribution in [-0.2, 0) is 5.41 Å². The van der Waals surface area contributed by atoms with E-state index in [0.717, 1.165) is 6.04 Å². The lowest BCUT2D eigenvalue weighted by Crippen LogP contribution is -2.43. The molecule has 0 bridgehead atoms. The van der Waals surface area contributed by atoms with Crippen molar-refractivity contribution in [3.63, 3.8) is 0 Å². The largest absolute Gasteiger partial charge is 0.313 e. The molecule has 1 N–H and O–H groups in total. The van der Waals surface area contributed by atoms with Gasteiger partial charge in [-0.25, -0.2) is 0 Å². The number of halogens is 1. The zero-order chi connectivity index (χ0) is 11.0. The third-order valence-corrected chi connectivity index (χ3v) is 4.71. The summed E-state index contributed by atoms with van der Waals surface area (Å²) in [6.07, 6.45) is 6.84. The number of hydrogen-bond acceptors (Lipinski definition) is 1. The molecule has 1 saturated heterocycles. The van der Waals surface area contributed by atoms with Crippen molar-refractivity contribution in [1.29, 1.82) is 0 Å². The van der Waals surface area contributed by atoms with E-state index in [0.29, 0.717) is 5.41 Å². The molecule has 16 heavy (non-hydrogen) atoms. The van der Waals surface area contributed by atoms with Crippen LogP contribution < -0.4 is 5.32 Å². The van der Waals surface area contributed by atoms with E-state index in [1.54, 1.807) is 0 Å². The topological polar surface area (TPSA) is 12.0 Å². The van der Waals surface area contributed by atoms with Gasteiger partial charge in [0.2, 0.25) is 0 Å². The highest BCUT2D eigenvalue weighted by Gasteiger charge is 2.50. The van der Waals surface area contributed by atoms with E-state index >= 15 is 0 Å². The maximum Gasteiger partial charge on any atom is 0.0175 e. The first kappa shape index (κ1) is 10.8. The Labute approximate surface area is 106 Å². The van der Waals surface area contributed by atoms with Crippen molar-refractivity contribution in [3.05, 3.63) is 34.3 Å². The minimum Gasteiger partial charge on any atom is -0.313 e. The quantitative estimate of drug-likeness (QED) is 0.872. The van der Waals surface area contributed by atoms with E-state index in [9.17, 15) is 0 Å². The number of benzene rings is 1. The minimum atomic E-state index is 0.473. The van der Waals surface area contributed by atoms with Gasteiger partial charge >= 0.3 is 0 Å². The first-order chi connectivity index (χ1) is 7.81. The van der Waals surface area contributed by atoms with Crippen LogP contribution in [0.2, 0.25) is 0 Å². The van der Waals surface area contributed by atoms with Gasteiger partial charge in [0.25, 0.3) is 0 Å². The van der Waals surface area contributed by atoms with E-state index in [1.165, 1.54) is 48.7 Å². The van der Waals surface area contributed by atoms with Crippen LogP contribution in [0.25, 0.3) is 0 Å². The molecular weight excluding hydrogens is 262 g/mol. The Kier molecular flexibility index (Phi) is 2.80. The third-order valence-electron chi connectivity index (χ3n) is 4.19. The highest BCUT2D eigenvalue weighted by atomic mass is 79.9. The molecule has 0 radical (unpaired) electrons. The molecule has 1 atom stereocenters. The summed E-state index contributed by atoms with van der Waals surface area (Å²) in [6.45, 7) is 1.21. The first-order valence-electron chi connectivity index (χ1n) is 6.31. The molecule has 0 amide bonds. The second-order valence-electron chi connectivity index (χ2n) is 5.17. The van der Waals surface area contributed by atoms with Gasteiger partial charge in [-0.15, -0.1) is 0 Å². The molecule has 1 aromatic rings. The third kappa shape index (κ3) is 1.82. The first-order valence-corrected chi connectivity index (χ1v) is 7.10. The minimum absolute atomic E-state index is 0.473. The number of nitrogens with one attached hydrogen (secondary N) is 1. The molecule has 1 aliphatic carbocycles. The monoisotopic (exact) mass is 279 g/mol. The summed E-state index contributed by atoms with van der Waals surface area (Å²) in [5.41, 5.74) is 2.01. The number of piperidine rings is 1. The number of hydrogen-bond donors (Lipinski definition) is 1. The van der Waals surface area contributed by atoms with Gasteiger partial charge in [0, 0.05) is 15.9 Å². The van der Waals surface area contributed by atoms with Crippen molar-refractivity contribution < 1.29 is 0 Å². The molecule has 1 unspecified atom stereocenters. The molecule has 1 saturated carbocycles. The fourth-order valence-corrected chi connectivity index (χ4v) is 3.34. The lowest BCUT2D eigenvalue weighted by Gasteiger charge is -2.32. The Bertz CT molecular complexity index is 361. The predicted octanol–water partition coefficient (Wildman–Crippen LogP) is 3.62. The molecule has 2 heteroatoms. The maximum atomic E-state index is 3.72. The van der Waals surface area contributed by atoms with Crippen LogP contribution in [0.5, 0.6) is 0 Å². The van der Waals surface area contributed by atoms with E-state index < -0.39 is 0 Å². The van der Waals surface area contributed by atoms with Gasteiger partial charge < -0.3 is 5.32 Å². The van der Waals surface area contributed by atoms with Crippen molar-refractivity contribution in [1.82, 2.24) is 5.32 Å². The Balaban J connectivity index is 1.84. The van der Waals surface area contributed by atoms with Crippen LogP contribution >= 0.6 is 15.9 Å². The van der Waals surface area contributed by atoms with E-state index in [4.69, 9.17) is 0 Å². The smallest absolute Gasteiger partial charge is 0.0175 e. The second-order valence-corrected chi connectivity index (χ2v) is 6.08. The summed E-state index contributed by atoms with van der Waals surface area (Å²) in [5.74, 6) is 0. The fraction of sp³-hybridized carbons (Fsp3) is 0.571. The van der Waals surface area contributed by atoms with Gasteiger partial charge in [-0.05, 0) is 49.9 Å². The van der Waals surface area contributed by atoms with E-state index in [2.05, 4.69) is 45.5 Å². The second kappa shape index (κ2) is 4.15.